The molecule has 0 fully saturated rings. The Bertz CT molecular complexity index is 595. The van der Waals surface area contributed by atoms with Crippen molar-refractivity contribution in [3.63, 3.8) is 0 Å². The molecule has 0 saturated carbocycles. The van der Waals surface area contributed by atoms with Crippen molar-refractivity contribution < 1.29 is 19.7 Å². The third-order valence-electron chi connectivity index (χ3n) is 2.94. The maximum Gasteiger partial charge on any atom is 0.315 e. The van der Waals surface area contributed by atoms with Crippen LogP contribution in [-0.2, 0) is 4.79 Å². The first-order valence-corrected chi connectivity index (χ1v) is 5.69. The van der Waals surface area contributed by atoms with Gasteiger partial charge in [-0.2, -0.15) is 0 Å². The quantitative estimate of drug-likeness (QED) is 0.474. The van der Waals surface area contributed by atoms with E-state index in [1.54, 1.807) is 6.92 Å². The van der Waals surface area contributed by atoms with E-state index < -0.39 is 38.5 Å². The van der Waals surface area contributed by atoms with Crippen LogP contribution < -0.4 is 0 Å². The van der Waals surface area contributed by atoms with E-state index in [0.29, 0.717) is 6.42 Å². The summed E-state index contributed by atoms with van der Waals surface area (Å²) >= 11 is 0. The molecule has 0 bridgehead atoms. The molecular formula is C12H12N2O6. The van der Waals surface area contributed by atoms with Gasteiger partial charge >= 0.3 is 5.97 Å². The van der Waals surface area contributed by atoms with E-state index in [1.807, 2.05) is 0 Å². The number of allylic oxidation sites excluding steroid dienone is 2. The van der Waals surface area contributed by atoms with Gasteiger partial charge in [-0.15, -0.1) is 5.92 Å². The zero-order valence-corrected chi connectivity index (χ0v) is 10.8. The minimum absolute atomic E-state index is 0.392. The first kappa shape index (κ1) is 15.4. The Hall–Kier alpha value is -2.69. The molecule has 0 aromatic carbocycles. The summed E-state index contributed by atoms with van der Waals surface area (Å²) in [5.41, 5.74) is -3.01. The Morgan fingerprint density at radius 3 is 2.45 bits per heavy atom. The van der Waals surface area contributed by atoms with Crippen LogP contribution in [0.25, 0.3) is 0 Å². The molecule has 1 aliphatic carbocycles. The van der Waals surface area contributed by atoms with E-state index in [0.717, 1.165) is 12.2 Å². The van der Waals surface area contributed by atoms with Crippen molar-refractivity contribution in [2.75, 3.05) is 0 Å². The summed E-state index contributed by atoms with van der Waals surface area (Å²) in [6, 6.07) is 0. The Morgan fingerprint density at radius 1 is 1.45 bits per heavy atom. The first-order chi connectivity index (χ1) is 9.24. The van der Waals surface area contributed by atoms with E-state index in [4.69, 9.17) is 0 Å². The van der Waals surface area contributed by atoms with Gasteiger partial charge in [-0.3, -0.25) is 25.0 Å². The molecule has 0 aromatic heterocycles. The molecule has 8 nitrogen and oxygen atoms in total. The van der Waals surface area contributed by atoms with Crippen LogP contribution in [0.1, 0.15) is 20.3 Å². The minimum atomic E-state index is -1.82. The largest absolute Gasteiger partial charge is 0.481 e. The molecule has 1 aliphatic rings. The van der Waals surface area contributed by atoms with Gasteiger partial charge in [-0.25, -0.2) is 0 Å². The number of carboxylic acids is 1. The van der Waals surface area contributed by atoms with Crippen LogP contribution in [0.2, 0.25) is 0 Å². The third kappa shape index (κ3) is 2.66. The van der Waals surface area contributed by atoms with Gasteiger partial charge in [-0.05, 0) is 6.92 Å². The number of aliphatic carboxylic acids is 1. The molecule has 0 radical (unpaired) electrons. The lowest BCUT2D eigenvalue weighted by molar-refractivity contribution is -0.443. The van der Waals surface area contributed by atoms with Crippen LogP contribution in [-0.4, -0.2) is 20.9 Å². The Labute approximate surface area is 114 Å². The summed E-state index contributed by atoms with van der Waals surface area (Å²) in [6.45, 7) is 2.89. The smallest absolute Gasteiger partial charge is 0.315 e. The number of carboxylic acid groups (broad SMARTS) is 1. The van der Waals surface area contributed by atoms with Gasteiger partial charge in [0.1, 0.15) is 11.3 Å². The van der Waals surface area contributed by atoms with Crippen LogP contribution in [0, 0.1) is 43.4 Å². The Kier molecular flexibility index (Phi) is 4.24. The van der Waals surface area contributed by atoms with E-state index in [9.17, 15) is 30.1 Å². The van der Waals surface area contributed by atoms with Crippen LogP contribution in [0.15, 0.2) is 23.5 Å². The number of hydrogen-bond donors (Lipinski definition) is 1. The van der Waals surface area contributed by atoms with E-state index in [-0.39, 0.29) is 0 Å². The lowest BCUT2D eigenvalue weighted by Gasteiger charge is -2.27. The summed E-state index contributed by atoms with van der Waals surface area (Å²) in [7, 11) is 0. The van der Waals surface area contributed by atoms with E-state index >= 15 is 0 Å². The van der Waals surface area contributed by atoms with Crippen molar-refractivity contribution in [2.24, 2.45) is 11.3 Å². The average molecular weight is 280 g/mol. The zero-order chi connectivity index (χ0) is 15.5. The van der Waals surface area contributed by atoms with Crippen LogP contribution in [0.5, 0.6) is 0 Å². The number of carbonyl (C=O) groups is 1. The van der Waals surface area contributed by atoms with Gasteiger partial charge in [0.25, 0.3) is 11.4 Å². The first-order valence-electron chi connectivity index (χ1n) is 5.69. The highest BCUT2D eigenvalue weighted by Crippen LogP contribution is 2.40. The maximum atomic E-state index is 11.4. The molecule has 2 atom stereocenters. The third-order valence-corrected chi connectivity index (χ3v) is 2.94. The summed E-state index contributed by atoms with van der Waals surface area (Å²) in [5.74, 6) is 2.48. The highest BCUT2D eigenvalue weighted by atomic mass is 16.6. The predicted molar refractivity (Wildman–Crippen MR) is 67.5 cm³/mol. The van der Waals surface area contributed by atoms with E-state index in [2.05, 4.69) is 11.8 Å². The Balaban J connectivity index is 3.53. The Morgan fingerprint density at radius 2 is 2.05 bits per heavy atom. The molecule has 1 rings (SSSR count). The molecule has 0 aromatic rings. The van der Waals surface area contributed by atoms with Crippen molar-refractivity contribution in [2.45, 2.75) is 20.3 Å². The minimum Gasteiger partial charge on any atom is -0.481 e. The second-order valence-corrected chi connectivity index (χ2v) is 4.35. The topological polar surface area (TPSA) is 124 Å². The second-order valence-electron chi connectivity index (χ2n) is 4.35. The summed E-state index contributed by atoms with van der Waals surface area (Å²) in [4.78, 5) is 31.5. The monoisotopic (exact) mass is 280 g/mol. The van der Waals surface area contributed by atoms with Crippen molar-refractivity contribution in [3.8, 4) is 11.8 Å². The molecule has 0 heterocycles. The normalized spacial score (nSPS) is 24.8. The van der Waals surface area contributed by atoms with Gasteiger partial charge in [0.15, 0.2) is 0 Å². The summed E-state index contributed by atoms with van der Waals surface area (Å²) in [6.07, 6.45) is 2.06. The molecule has 20 heavy (non-hydrogen) atoms. The zero-order valence-electron chi connectivity index (χ0n) is 10.8. The molecule has 106 valence electrons. The number of nitrogens with zero attached hydrogens (tertiary/aromatic N) is 2. The van der Waals surface area contributed by atoms with Crippen molar-refractivity contribution in [1.29, 1.82) is 0 Å². The molecule has 1 N–H and O–H groups in total. The highest BCUT2D eigenvalue weighted by molar-refractivity contribution is 5.79. The molecule has 0 saturated heterocycles. The molecular weight excluding hydrogens is 268 g/mol. The molecule has 2 unspecified atom stereocenters. The van der Waals surface area contributed by atoms with Crippen molar-refractivity contribution in [1.82, 2.24) is 0 Å². The van der Waals surface area contributed by atoms with Crippen LogP contribution in [0.4, 0.5) is 0 Å². The highest BCUT2D eigenvalue weighted by Gasteiger charge is 2.50. The fourth-order valence-corrected chi connectivity index (χ4v) is 1.85. The fourth-order valence-electron chi connectivity index (χ4n) is 1.85. The van der Waals surface area contributed by atoms with Gasteiger partial charge < -0.3 is 5.11 Å². The van der Waals surface area contributed by atoms with Gasteiger partial charge in [0, 0.05) is 12.5 Å². The molecule has 0 amide bonds. The molecule has 8 heteroatoms. The van der Waals surface area contributed by atoms with Crippen molar-refractivity contribution >= 4 is 5.97 Å². The summed E-state index contributed by atoms with van der Waals surface area (Å²) in [5, 5.41) is 31.1. The fraction of sp³-hybridized carbons (Fsp3) is 0.417. The van der Waals surface area contributed by atoms with Gasteiger partial charge in [-0.1, -0.05) is 12.8 Å². The lowest BCUT2D eigenvalue weighted by Crippen LogP contribution is -2.39. The average Bonchev–Trinajstić information content (AvgIpc) is 2.35. The number of hydrogen-bond acceptors (Lipinski definition) is 5. The van der Waals surface area contributed by atoms with E-state index in [1.165, 1.54) is 6.92 Å². The SMILES string of the molecule is CCC#CC1C([N+](=O)[O-])=CC([N+](=O)[O-])=CC1(C)C(=O)O. The van der Waals surface area contributed by atoms with Crippen LogP contribution >= 0.6 is 0 Å². The van der Waals surface area contributed by atoms with Crippen LogP contribution in [0.3, 0.4) is 0 Å². The number of nitro groups is 2. The number of rotatable bonds is 3. The predicted octanol–water partition coefficient (Wildman–Crippen LogP) is 1.44. The summed E-state index contributed by atoms with van der Waals surface area (Å²) < 4.78 is 0. The second kappa shape index (κ2) is 5.52. The maximum absolute atomic E-state index is 11.4. The van der Waals surface area contributed by atoms with Gasteiger partial charge in [0.05, 0.1) is 15.9 Å². The van der Waals surface area contributed by atoms with Crippen molar-refractivity contribution in [3.05, 3.63) is 43.8 Å². The molecule has 0 spiro atoms. The lowest BCUT2D eigenvalue weighted by atomic mass is 9.72. The van der Waals surface area contributed by atoms with Gasteiger partial charge in [0.2, 0.25) is 0 Å². The standard InChI is InChI=1S/C12H12N2O6/c1-3-4-5-9-10(14(19)20)6-8(13(17)18)7-12(9,2)11(15)16/h6-7,9H,3H2,1-2H3,(H,15,16). The molecule has 0 aliphatic heterocycles.